The summed E-state index contributed by atoms with van der Waals surface area (Å²) in [6, 6.07) is 0. The second-order valence-corrected chi connectivity index (χ2v) is 3.91. The predicted octanol–water partition coefficient (Wildman–Crippen LogP) is 1.39. The molecule has 4 nitrogen and oxygen atoms in total. The van der Waals surface area contributed by atoms with Crippen LogP contribution >= 0.6 is 0 Å². The number of hydrogen-bond acceptors (Lipinski definition) is 3. The Balaban J connectivity index is 2.02. The van der Waals surface area contributed by atoms with Crippen molar-refractivity contribution in [1.29, 1.82) is 0 Å². The first-order chi connectivity index (χ1) is 7.31. The van der Waals surface area contributed by atoms with Crippen molar-refractivity contribution in [1.82, 2.24) is 10.2 Å². The standard InChI is InChI=1S/C11H16N2O2/c1-15-11(14)7-6-10-8-4-2-3-5-9(8)12-13-10/h2-7H2,1H3,(H,12,13). The number of nitrogens with one attached hydrogen (secondary N) is 1. The molecule has 0 unspecified atom stereocenters. The van der Waals surface area contributed by atoms with E-state index in [0.29, 0.717) is 6.42 Å². The van der Waals surface area contributed by atoms with Gasteiger partial charge in [0.15, 0.2) is 0 Å². The van der Waals surface area contributed by atoms with Gasteiger partial charge in [-0.15, -0.1) is 0 Å². The highest BCUT2D eigenvalue weighted by Gasteiger charge is 2.17. The fourth-order valence-electron chi connectivity index (χ4n) is 2.08. The Morgan fingerprint density at radius 2 is 2.27 bits per heavy atom. The number of esters is 1. The van der Waals surface area contributed by atoms with Crippen LogP contribution in [0.2, 0.25) is 0 Å². The van der Waals surface area contributed by atoms with E-state index in [1.807, 2.05) is 0 Å². The molecule has 1 aliphatic carbocycles. The molecule has 15 heavy (non-hydrogen) atoms. The Hall–Kier alpha value is -1.32. The minimum atomic E-state index is -0.158. The van der Waals surface area contributed by atoms with E-state index in [2.05, 4.69) is 14.9 Å². The number of aryl methyl sites for hydroxylation is 2. The molecule has 0 amide bonds. The molecule has 0 bridgehead atoms. The zero-order valence-electron chi connectivity index (χ0n) is 9.01. The van der Waals surface area contributed by atoms with Crippen molar-refractivity contribution in [2.75, 3.05) is 7.11 Å². The molecular formula is C11H16N2O2. The molecule has 0 radical (unpaired) electrons. The molecule has 0 saturated carbocycles. The summed E-state index contributed by atoms with van der Waals surface area (Å²) in [6.45, 7) is 0. The van der Waals surface area contributed by atoms with E-state index < -0.39 is 0 Å². The molecular weight excluding hydrogens is 192 g/mol. The van der Waals surface area contributed by atoms with Gasteiger partial charge in [-0.25, -0.2) is 0 Å². The number of carbonyl (C=O) groups is 1. The number of ether oxygens (including phenoxy) is 1. The van der Waals surface area contributed by atoms with Crippen molar-refractivity contribution >= 4 is 5.97 Å². The van der Waals surface area contributed by atoms with Gasteiger partial charge in [0.25, 0.3) is 0 Å². The van der Waals surface area contributed by atoms with E-state index in [1.165, 1.54) is 31.2 Å². The van der Waals surface area contributed by atoms with E-state index in [0.717, 1.165) is 25.0 Å². The van der Waals surface area contributed by atoms with E-state index >= 15 is 0 Å². The lowest BCUT2D eigenvalue weighted by Crippen LogP contribution is -2.06. The van der Waals surface area contributed by atoms with Crippen LogP contribution in [0.15, 0.2) is 0 Å². The fraction of sp³-hybridized carbons (Fsp3) is 0.636. The number of rotatable bonds is 3. The number of fused-ring (bicyclic) bond motifs is 1. The van der Waals surface area contributed by atoms with Crippen LogP contribution in [0, 0.1) is 0 Å². The second-order valence-electron chi connectivity index (χ2n) is 3.91. The van der Waals surface area contributed by atoms with Gasteiger partial charge in [0.1, 0.15) is 0 Å². The van der Waals surface area contributed by atoms with Crippen molar-refractivity contribution in [2.45, 2.75) is 38.5 Å². The normalized spacial score (nSPS) is 14.7. The SMILES string of the molecule is COC(=O)CCc1[nH]nc2c1CCCC2. The highest BCUT2D eigenvalue weighted by Crippen LogP contribution is 2.22. The molecule has 0 aliphatic heterocycles. The predicted molar refractivity (Wildman–Crippen MR) is 55.6 cm³/mol. The van der Waals surface area contributed by atoms with Crippen molar-refractivity contribution in [2.24, 2.45) is 0 Å². The van der Waals surface area contributed by atoms with E-state index in [4.69, 9.17) is 0 Å². The molecule has 1 aromatic heterocycles. The molecule has 1 aliphatic rings. The summed E-state index contributed by atoms with van der Waals surface area (Å²) in [5, 5.41) is 7.32. The maximum absolute atomic E-state index is 11.0. The Morgan fingerprint density at radius 1 is 1.47 bits per heavy atom. The highest BCUT2D eigenvalue weighted by molar-refractivity contribution is 5.69. The molecule has 0 saturated heterocycles. The number of nitrogens with zero attached hydrogens (tertiary/aromatic N) is 1. The van der Waals surface area contributed by atoms with Gasteiger partial charge in [0.05, 0.1) is 19.2 Å². The summed E-state index contributed by atoms with van der Waals surface area (Å²) in [5.41, 5.74) is 3.65. The minimum absolute atomic E-state index is 0.158. The van der Waals surface area contributed by atoms with Crippen LogP contribution < -0.4 is 0 Å². The Kier molecular flexibility index (Phi) is 3.04. The number of carbonyl (C=O) groups excluding carboxylic acids is 1. The van der Waals surface area contributed by atoms with Gasteiger partial charge in [-0.2, -0.15) is 5.10 Å². The number of aromatic nitrogens is 2. The van der Waals surface area contributed by atoms with Crippen LogP contribution in [0.1, 0.15) is 36.2 Å². The van der Waals surface area contributed by atoms with Gasteiger partial charge in [-0.05, 0) is 37.7 Å². The molecule has 4 heteroatoms. The lowest BCUT2D eigenvalue weighted by molar-refractivity contribution is -0.140. The lowest BCUT2D eigenvalue weighted by atomic mass is 9.95. The number of hydrogen-bond donors (Lipinski definition) is 1. The molecule has 0 aromatic carbocycles. The van der Waals surface area contributed by atoms with Crippen molar-refractivity contribution < 1.29 is 9.53 Å². The fourth-order valence-corrected chi connectivity index (χ4v) is 2.08. The average Bonchev–Trinajstić information content (AvgIpc) is 2.69. The first-order valence-corrected chi connectivity index (χ1v) is 5.43. The summed E-state index contributed by atoms with van der Waals surface area (Å²) in [4.78, 5) is 11.0. The van der Waals surface area contributed by atoms with Gasteiger partial charge in [0, 0.05) is 5.69 Å². The first-order valence-electron chi connectivity index (χ1n) is 5.43. The third-order valence-corrected chi connectivity index (χ3v) is 2.94. The van der Waals surface area contributed by atoms with E-state index in [1.54, 1.807) is 0 Å². The largest absolute Gasteiger partial charge is 0.469 e. The second kappa shape index (κ2) is 4.47. The molecule has 0 fully saturated rings. The molecule has 2 rings (SSSR count). The third-order valence-electron chi connectivity index (χ3n) is 2.94. The number of aromatic amines is 1. The maximum Gasteiger partial charge on any atom is 0.305 e. The van der Waals surface area contributed by atoms with Crippen LogP contribution in [0.25, 0.3) is 0 Å². The summed E-state index contributed by atoms with van der Waals surface area (Å²) < 4.78 is 4.62. The zero-order chi connectivity index (χ0) is 10.7. The van der Waals surface area contributed by atoms with Crippen molar-refractivity contribution in [3.63, 3.8) is 0 Å². The Morgan fingerprint density at radius 3 is 3.07 bits per heavy atom. The lowest BCUT2D eigenvalue weighted by Gasteiger charge is -2.10. The molecule has 0 atom stereocenters. The number of methoxy groups -OCH3 is 1. The summed E-state index contributed by atoms with van der Waals surface area (Å²) in [6.07, 6.45) is 5.79. The van der Waals surface area contributed by atoms with Gasteiger partial charge in [-0.3, -0.25) is 9.89 Å². The van der Waals surface area contributed by atoms with Crippen LogP contribution in [0.3, 0.4) is 0 Å². The maximum atomic E-state index is 11.0. The smallest absolute Gasteiger partial charge is 0.305 e. The molecule has 1 N–H and O–H groups in total. The molecule has 1 heterocycles. The topological polar surface area (TPSA) is 55.0 Å². The van der Waals surface area contributed by atoms with Crippen molar-refractivity contribution in [3.8, 4) is 0 Å². The molecule has 82 valence electrons. The quantitative estimate of drug-likeness (QED) is 0.764. The van der Waals surface area contributed by atoms with E-state index in [9.17, 15) is 4.79 Å². The minimum Gasteiger partial charge on any atom is -0.469 e. The van der Waals surface area contributed by atoms with Crippen molar-refractivity contribution in [3.05, 3.63) is 17.0 Å². The first kappa shape index (κ1) is 10.2. The molecule has 1 aromatic rings. The zero-order valence-corrected chi connectivity index (χ0v) is 9.01. The molecule has 0 spiro atoms. The summed E-state index contributed by atoms with van der Waals surface area (Å²) in [5.74, 6) is -0.158. The Labute approximate surface area is 89.0 Å². The third kappa shape index (κ3) is 2.19. The van der Waals surface area contributed by atoms with Gasteiger partial charge >= 0.3 is 5.97 Å². The van der Waals surface area contributed by atoms with E-state index in [-0.39, 0.29) is 5.97 Å². The Bertz CT molecular complexity index is 357. The van der Waals surface area contributed by atoms with Gasteiger partial charge in [-0.1, -0.05) is 0 Å². The van der Waals surface area contributed by atoms with Gasteiger partial charge in [0.2, 0.25) is 0 Å². The summed E-state index contributed by atoms with van der Waals surface area (Å²) >= 11 is 0. The van der Waals surface area contributed by atoms with Gasteiger partial charge < -0.3 is 4.74 Å². The van der Waals surface area contributed by atoms with Crippen LogP contribution in [-0.4, -0.2) is 23.3 Å². The van der Waals surface area contributed by atoms with Crippen LogP contribution in [-0.2, 0) is 28.8 Å². The highest BCUT2D eigenvalue weighted by atomic mass is 16.5. The van der Waals surface area contributed by atoms with Crippen LogP contribution in [0.4, 0.5) is 0 Å². The number of H-pyrrole nitrogens is 1. The monoisotopic (exact) mass is 208 g/mol. The van der Waals surface area contributed by atoms with Crippen LogP contribution in [0.5, 0.6) is 0 Å². The average molecular weight is 208 g/mol. The summed E-state index contributed by atoms with van der Waals surface area (Å²) in [7, 11) is 1.42.